The minimum Gasteiger partial charge on any atom is -0.378 e. The van der Waals surface area contributed by atoms with E-state index in [4.69, 9.17) is 4.74 Å². The molecule has 1 aliphatic carbocycles. The highest BCUT2D eigenvalue weighted by Crippen LogP contribution is 2.47. The molecule has 15 heavy (non-hydrogen) atoms. The monoisotopic (exact) mass is 211 g/mol. The van der Waals surface area contributed by atoms with Gasteiger partial charge in [0.05, 0.1) is 12.7 Å². The van der Waals surface area contributed by atoms with E-state index in [1.165, 1.54) is 38.6 Å². The van der Waals surface area contributed by atoms with E-state index >= 15 is 0 Å². The maximum absolute atomic E-state index is 5.91. The van der Waals surface area contributed by atoms with Crippen molar-refractivity contribution in [3.05, 3.63) is 0 Å². The predicted octanol–water partition coefficient (Wildman–Crippen LogP) is 2.68. The van der Waals surface area contributed by atoms with Crippen LogP contribution in [0.25, 0.3) is 0 Å². The van der Waals surface area contributed by atoms with Crippen LogP contribution in [0, 0.1) is 5.41 Å². The normalized spacial score (nSPS) is 37.2. The number of nitrogens with zero attached hydrogens (tertiary/aromatic N) is 1. The first-order chi connectivity index (χ1) is 7.14. The molecule has 1 heterocycles. The van der Waals surface area contributed by atoms with Crippen LogP contribution in [0.4, 0.5) is 0 Å². The molecule has 2 heteroatoms. The topological polar surface area (TPSA) is 12.5 Å². The highest BCUT2D eigenvalue weighted by Gasteiger charge is 2.46. The second-order valence-electron chi connectivity index (χ2n) is 5.71. The molecule has 2 aliphatic rings. The van der Waals surface area contributed by atoms with Crippen LogP contribution in [-0.4, -0.2) is 37.2 Å². The minimum absolute atomic E-state index is 0.382. The van der Waals surface area contributed by atoms with E-state index in [-0.39, 0.29) is 0 Å². The molecule has 0 bridgehead atoms. The van der Waals surface area contributed by atoms with Crippen LogP contribution < -0.4 is 0 Å². The summed E-state index contributed by atoms with van der Waals surface area (Å²) in [5.41, 5.74) is 0.497. The summed E-state index contributed by atoms with van der Waals surface area (Å²) < 4.78 is 5.91. The lowest BCUT2D eigenvalue weighted by Gasteiger charge is -2.45. The molecule has 1 aliphatic heterocycles. The first-order valence-electron chi connectivity index (χ1n) is 6.46. The molecule has 1 saturated heterocycles. The van der Waals surface area contributed by atoms with E-state index < -0.39 is 0 Å². The number of hydrogen-bond donors (Lipinski definition) is 0. The lowest BCUT2D eigenvalue weighted by Crippen LogP contribution is -2.49. The smallest absolute Gasteiger partial charge is 0.0540 e. The third kappa shape index (κ3) is 2.21. The van der Waals surface area contributed by atoms with Gasteiger partial charge in [0.15, 0.2) is 0 Å². The standard InChI is InChI=1S/C13H25NO/c1-11(2)15-10-13-7-4-6-12(13)14(3)9-5-8-13/h11-12H,4-10H2,1-3H3/t12?,13-/m1/s1. The third-order valence-corrected chi connectivity index (χ3v) is 4.28. The van der Waals surface area contributed by atoms with Crippen molar-refractivity contribution in [1.29, 1.82) is 0 Å². The van der Waals surface area contributed by atoms with Gasteiger partial charge in [-0.15, -0.1) is 0 Å². The number of hydrogen-bond acceptors (Lipinski definition) is 2. The molecule has 0 aromatic carbocycles. The molecule has 0 aromatic rings. The fourth-order valence-corrected chi connectivity index (χ4v) is 3.51. The van der Waals surface area contributed by atoms with Gasteiger partial charge >= 0.3 is 0 Å². The highest BCUT2D eigenvalue weighted by atomic mass is 16.5. The van der Waals surface area contributed by atoms with Crippen molar-refractivity contribution in [2.24, 2.45) is 5.41 Å². The average Bonchev–Trinajstić information content (AvgIpc) is 2.61. The second-order valence-corrected chi connectivity index (χ2v) is 5.71. The summed E-state index contributed by atoms with van der Waals surface area (Å²) >= 11 is 0. The lowest BCUT2D eigenvalue weighted by molar-refractivity contribution is -0.0462. The summed E-state index contributed by atoms with van der Waals surface area (Å²) in [5.74, 6) is 0. The zero-order chi connectivity index (χ0) is 10.9. The number of piperidine rings is 1. The van der Waals surface area contributed by atoms with E-state index in [1.54, 1.807) is 0 Å². The number of ether oxygens (including phenoxy) is 1. The van der Waals surface area contributed by atoms with E-state index in [0.717, 1.165) is 12.6 Å². The Balaban J connectivity index is 2.02. The first kappa shape index (κ1) is 11.4. The van der Waals surface area contributed by atoms with Gasteiger partial charge < -0.3 is 9.64 Å². The summed E-state index contributed by atoms with van der Waals surface area (Å²) in [5, 5.41) is 0. The Morgan fingerprint density at radius 1 is 1.33 bits per heavy atom. The Morgan fingerprint density at radius 2 is 2.07 bits per heavy atom. The van der Waals surface area contributed by atoms with Crippen LogP contribution in [0.1, 0.15) is 46.0 Å². The highest BCUT2D eigenvalue weighted by molar-refractivity contribution is 4.99. The molecule has 0 amide bonds. The molecule has 2 atom stereocenters. The van der Waals surface area contributed by atoms with E-state index in [0.29, 0.717) is 11.5 Å². The zero-order valence-electron chi connectivity index (χ0n) is 10.5. The molecule has 88 valence electrons. The van der Waals surface area contributed by atoms with Gasteiger partial charge in [-0.25, -0.2) is 0 Å². The summed E-state index contributed by atoms with van der Waals surface area (Å²) in [6.45, 7) is 6.56. The Labute approximate surface area is 94.0 Å². The van der Waals surface area contributed by atoms with Crippen molar-refractivity contribution in [1.82, 2.24) is 4.90 Å². The van der Waals surface area contributed by atoms with Crippen LogP contribution in [0.2, 0.25) is 0 Å². The van der Waals surface area contributed by atoms with Gasteiger partial charge in [-0.3, -0.25) is 0 Å². The molecule has 2 rings (SSSR count). The molecule has 1 saturated carbocycles. The van der Waals surface area contributed by atoms with E-state index in [2.05, 4.69) is 25.8 Å². The van der Waals surface area contributed by atoms with E-state index in [9.17, 15) is 0 Å². The Kier molecular flexibility index (Phi) is 3.36. The maximum atomic E-state index is 5.91. The van der Waals surface area contributed by atoms with Gasteiger partial charge in [0.1, 0.15) is 0 Å². The van der Waals surface area contributed by atoms with Crippen LogP contribution >= 0.6 is 0 Å². The average molecular weight is 211 g/mol. The summed E-state index contributed by atoms with van der Waals surface area (Å²) in [6, 6.07) is 0.796. The summed E-state index contributed by atoms with van der Waals surface area (Å²) in [6.07, 6.45) is 7.29. The summed E-state index contributed by atoms with van der Waals surface area (Å²) in [4.78, 5) is 2.57. The molecule has 1 unspecified atom stereocenters. The van der Waals surface area contributed by atoms with Crippen molar-refractivity contribution >= 4 is 0 Å². The fourth-order valence-electron chi connectivity index (χ4n) is 3.51. The van der Waals surface area contributed by atoms with Crippen molar-refractivity contribution in [2.45, 2.75) is 58.1 Å². The SMILES string of the molecule is CC(C)OC[C@]12CCCC1N(C)CCC2. The first-order valence-corrected chi connectivity index (χ1v) is 6.46. The molecule has 2 fully saturated rings. The van der Waals surface area contributed by atoms with Gasteiger partial charge in [0, 0.05) is 11.5 Å². The quantitative estimate of drug-likeness (QED) is 0.711. The number of rotatable bonds is 3. The largest absolute Gasteiger partial charge is 0.378 e. The molecular weight excluding hydrogens is 186 g/mol. The Hall–Kier alpha value is -0.0800. The second kappa shape index (κ2) is 4.42. The van der Waals surface area contributed by atoms with Crippen LogP contribution in [0.3, 0.4) is 0 Å². The zero-order valence-corrected chi connectivity index (χ0v) is 10.5. The molecule has 0 radical (unpaired) electrons. The van der Waals surface area contributed by atoms with Gasteiger partial charge in [-0.2, -0.15) is 0 Å². The van der Waals surface area contributed by atoms with Crippen LogP contribution in [-0.2, 0) is 4.74 Å². The number of likely N-dealkylation sites (tertiary alicyclic amines) is 1. The van der Waals surface area contributed by atoms with Crippen LogP contribution in [0.5, 0.6) is 0 Å². The summed E-state index contributed by atoms with van der Waals surface area (Å²) in [7, 11) is 2.29. The lowest BCUT2D eigenvalue weighted by atomic mass is 9.76. The third-order valence-electron chi connectivity index (χ3n) is 4.28. The molecule has 2 nitrogen and oxygen atoms in total. The molecule has 0 spiro atoms. The van der Waals surface area contributed by atoms with Gasteiger partial charge in [-0.05, 0) is 53.1 Å². The van der Waals surface area contributed by atoms with Gasteiger partial charge in [-0.1, -0.05) is 6.42 Å². The Morgan fingerprint density at radius 3 is 2.80 bits per heavy atom. The van der Waals surface area contributed by atoms with Gasteiger partial charge in [0.25, 0.3) is 0 Å². The van der Waals surface area contributed by atoms with Crippen LogP contribution in [0.15, 0.2) is 0 Å². The molecule has 0 N–H and O–H groups in total. The molecule has 0 aromatic heterocycles. The maximum Gasteiger partial charge on any atom is 0.0540 e. The molecular formula is C13H25NO. The Bertz CT molecular complexity index is 217. The van der Waals surface area contributed by atoms with Gasteiger partial charge in [0.2, 0.25) is 0 Å². The minimum atomic E-state index is 0.382. The van der Waals surface area contributed by atoms with E-state index in [1.807, 2.05) is 0 Å². The fraction of sp³-hybridized carbons (Fsp3) is 1.00. The van der Waals surface area contributed by atoms with Crippen molar-refractivity contribution in [3.8, 4) is 0 Å². The van der Waals surface area contributed by atoms with Crippen molar-refractivity contribution in [3.63, 3.8) is 0 Å². The van der Waals surface area contributed by atoms with Crippen molar-refractivity contribution in [2.75, 3.05) is 20.2 Å². The number of fused-ring (bicyclic) bond motifs is 1. The predicted molar refractivity (Wildman–Crippen MR) is 63.0 cm³/mol. The van der Waals surface area contributed by atoms with Crippen molar-refractivity contribution < 1.29 is 4.74 Å².